The molecule has 0 saturated heterocycles. The first-order valence-corrected chi connectivity index (χ1v) is 8.57. The van der Waals surface area contributed by atoms with Gasteiger partial charge in [-0.15, -0.1) is 24.0 Å². The zero-order valence-corrected chi connectivity index (χ0v) is 17.3. The molecule has 0 radical (unpaired) electrons. The van der Waals surface area contributed by atoms with E-state index < -0.39 is 6.10 Å². The second kappa shape index (κ2) is 13.3. The van der Waals surface area contributed by atoms with Crippen molar-refractivity contribution in [3.63, 3.8) is 0 Å². The van der Waals surface area contributed by atoms with Gasteiger partial charge in [-0.05, 0) is 31.0 Å². The zero-order chi connectivity index (χ0) is 17.7. The van der Waals surface area contributed by atoms with Crippen LogP contribution >= 0.6 is 24.0 Å². The highest BCUT2D eigenvalue weighted by molar-refractivity contribution is 14.0. The first-order chi connectivity index (χ1) is 12.3. The number of nitrogens with zero attached hydrogens (tertiary/aromatic N) is 2. The first-order valence-electron chi connectivity index (χ1n) is 8.57. The Kier molecular flexibility index (Phi) is 11.4. The summed E-state index contributed by atoms with van der Waals surface area (Å²) in [5.74, 6) is 1.47. The van der Waals surface area contributed by atoms with E-state index in [1.165, 1.54) is 0 Å². The maximum absolute atomic E-state index is 10.2. The molecule has 3 N–H and O–H groups in total. The summed E-state index contributed by atoms with van der Waals surface area (Å²) in [5, 5.41) is 16.6. The number of hydrogen-bond donors (Lipinski definition) is 3. The molecule has 0 aliphatic carbocycles. The van der Waals surface area contributed by atoms with Gasteiger partial charge >= 0.3 is 0 Å². The van der Waals surface area contributed by atoms with E-state index in [1.807, 2.05) is 49.4 Å². The maximum Gasteiger partial charge on any atom is 0.191 e. The number of aliphatic hydroxyl groups excluding tert-OH is 1. The highest BCUT2D eigenvalue weighted by Gasteiger charge is 2.06. The van der Waals surface area contributed by atoms with Crippen molar-refractivity contribution < 1.29 is 9.84 Å². The minimum absolute atomic E-state index is 0. The Labute approximate surface area is 172 Å². The second-order valence-corrected chi connectivity index (χ2v) is 5.44. The summed E-state index contributed by atoms with van der Waals surface area (Å²) >= 11 is 0. The molecule has 6 nitrogen and oxygen atoms in total. The molecular weight excluding hydrogens is 443 g/mol. The summed E-state index contributed by atoms with van der Waals surface area (Å²) in [5.41, 5.74) is 0.917. The number of nitrogens with one attached hydrogen (secondary N) is 2. The average Bonchev–Trinajstić information content (AvgIpc) is 2.66. The van der Waals surface area contributed by atoms with E-state index in [9.17, 15) is 5.11 Å². The van der Waals surface area contributed by atoms with Crippen molar-refractivity contribution in [1.29, 1.82) is 0 Å². The fourth-order valence-corrected chi connectivity index (χ4v) is 2.25. The van der Waals surface area contributed by atoms with Gasteiger partial charge in [-0.1, -0.05) is 30.3 Å². The minimum atomic E-state index is -0.498. The van der Waals surface area contributed by atoms with E-state index in [-0.39, 0.29) is 24.0 Å². The standard InChI is InChI=1S/C19H26N4O2.HI/c1-2-21-19(23-13-14-25-17-9-6-11-20-15-17)22-12-10-18(24)16-7-4-3-5-8-16;/h3-9,11,15,18,24H,2,10,12-14H2,1H3,(H2,21,22,23);1H. The number of aliphatic imine (C=N–C) groups is 1. The van der Waals surface area contributed by atoms with Gasteiger partial charge in [0.1, 0.15) is 12.4 Å². The highest BCUT2D eigenvalue weighted by atomic mass is 127. The maximum atomic E-state index is 10.2. The van der Waals surface area contributed by atoms with E-state index in [4.69, 9.17) is 4.74 Å². The van der Waals surface area contributed by atoms with Crippen molar-refractivity contribution in [1.82, 2.24) is 15.6 Å². The van der Waals surface area contributed by atoms with Crippen LogP contribution in [-0.4, -0.2) is 42.3 Å². The molecule has 1 unspecified atom stereocenters. The monoisotopic (exact) mass is 470 g/mol. The molecule has 0 bridgehead atoms. The number of aliphatic hydroxyl groups is 1. The average molecular weight is 470 g/mol. The van der Waals surface area contributed by atoms with Gasteiger partial charge < -0.3 is 20.5 Å². The lowest BCUT2D eigenvalue weighted by molar-refractivity contribution is 0.170. The van der Waals surface area contributed by atoms with Crippen LogP contribution in [0.4, 0.5) is 0 Å². The Hall–Kier alpha value is -1.87. The molecule has 0 aliphatic rings. The first kappa shape index (κ1) is 22.2. The summed E-state index contributed by atoms with van der Waals surface area (Å²) in [6.45, 7) is 4.47. The molecule has 0 amide bonds. The van der Waals surface area contributed by atoms with Crippen LogP contribution < -0.4 is 15.4 Å². The largest absolute Gasteiger partial charge is 0.490 e. The van der Waals surface area contributed by atoms with Gasteiger partial charge in [0.15, 0.2) is 5.96 Å². The van der Waals surface area contributed by atoms with E-state index in [2.05, 4.69) is 20.6 Å². The summed E-state index contributed by atoms with van der Waals surface area (Å²) in [7, 11) is 0. The molecule has 1 aromatic heterocycles. The quantitative estimate of drug-likeness (QED) is 0.228. The third-order valence-electron chi connectivity index (χ3n) is 3.50. The summed E-state index contributed by atoms with van der Waals surface area (Å²) in [4.78, 5) is 8.49. The molecule has 0 spiro atoms. The van der Waals surface area contributed by atoms with Crippen LogP contribution in [-0.2, 0) is 0 Å². The van der Waals surface area contributed by atoms with E-state index in [0.29, 0.717) is 26.1 Å². The van der Waals surface area contributed by atoms with Crippen molar-refractivity contribution >= 4 is 29.9 Å². The molecule has 2 aromatic rings. The Morgan fingerprint density at radius 3 is 2.69 bits per heavy atom. The molecule has 2 rings (SSSR count). The summed E-state index contributed by atoms with van der Waals surface area (Å²) < 4.78 is 5.59. The lowest BCUT2D eigenvalue weighted by Gasteiger charge is -2.13. The number of ether oxygens (including phenoxy) is 1. The van der Waals surface area contributed by atoms with Crippen LogP contribution in [0.25, 0.3) is 0 Å². The number of halogens is 1. The molecule has 1 aromatic carbocycles. The number of guanidine groups is 1. The zero-order valence-electron chi connectivity index (χ0n) is 15.0. The Morgan fingerprint density at radius 2 is 2.00 bits per heavy atom. The van der Waals surface area contributed by atoms with Crippen molar-refractivity contribution in [2.75, 3.05) is 26.2 Å². The van der Waals surface area contributed by atoms with Crippen LogP contribution in [0.5, 0.6) is 5.75 Å². The van der Waals surface area contributed by atoms with E-state index >= 15 is 0 Å². The van der Waals surface area contributed by atoms with Crippen LogP contribution in [0.3, 0.4) is 0 Å². The van der Waals surface area contributed by atoms with E-state index in [1.54, 1.807) is 12.4 Å². The fraction of sp³-hybridized carbons (Fsp3) is 0.368. The molecule has 1 atom stereocenters. The van der Waals surface area contributed by atoms with Crippen LogP contribution in [0.1, 0.15) is 25.0 Å². The Balaban J connectivity index is 0.00000338. The molecule has 0 aliphatic heterocycles. The predicted octanol–water partition coefficient (Wildman–Crippen LogP) is 2.76. The van der Waals surface area contributed by atoms with Gasteiger partial charge in [0.05, 0.1) is 18.8 Å². The Morgan fingerprint density at radius 1 is 1.19 bits per heavy atom. The molecule has 26 heavy (non-hydrogen) atoms. The SMILES string of the molecule is CCNC(=NCCC(O)c1ccccc1)NCCOc1cccnc1.I. The number of pyridine rings is 1. The van der Waals surface area contributed by atoms with Crippen molar-refractivity contribution in [3.8, 4) is 5.75 Å². The van der Waals surface area contributed by atoms with E-state index in [0.717, 1.165) is 23.8 Å². The topological polar surface area (TPSA) is 78.8 Å². The third-order valence-corrected chi connectivity index (χ3v) is 3.50. The van der Waals surface area contributed by atoms with Crippen molar-refractivity contribution in [3.05, 3.63) is 60.4 Å². The van der Waals surface area contributed by atoms with Crippen molar-refractivity contribution in [2.45, 2.75) is 19.4 Å². The molecule has 7 heteroatoms. The van der Waals surface area contributed by atoms with Crippen molar-refractivity contribution in [2.24, 2.45) is 4.99 Å². The number of aromatic nitrogens is 1. The van der Waals surface area contributed by atoms with Crippen LogP contribution in [0, 0.1) is 0 Å². The smallest absolute Gasteiger partial charge is 0.191 e. The fourth-order valence-electron chi connectivity index (χ4n) is 2.25. The number of rotatable bonds is 9. The lowest BCUT2D eigenvalue weighted by Crippen LogP contribution is -2.39. The molecule has 142 valence electrons. The number of benzene rings is 1. The van der Waals surface area contributed by atoms with Crippen LogP contribution in [0.15, 0.2) is 59.9 Å². The van der Waals surface area contributed by atoms with Gasteiger partial charge in [0.2, 0.25) is 0 Å². The minimum Gasteiger partial charge on any atom is -0.490 e. The van der Waals surface area contributed by atoms with Gasteiger partial charge in [0.25, 0.3) is 0 Å². The van der Waals surface area contributed by atoms with Gasteiger partial charge in [-0.3, -0.25) is 9.98 Å². The lowest BCUT2D eigenvalue weighted by atomic mass is 10.1. The summed E-state index contributed by atoms with van der Waals surface area (Å²) in [6.07, 6.45) is 3.48. The third kappa shape index (κ3) is 8.48. The van der Waals surface area contributed by atoms with Gasteiger partial charge in [-0.25, -0.2) is 0 Å². The van der Waals surface area contributed by atoms with Gasteiger partial charge in [0, 0.05) is 19.3 Å². The second-order valence-electron chi connectivity index (χ2n) is 5.44. The molecular formula is C19H27IN4O2. The molecule has 0 saturated carbocycles. The van der Waals surface area contributed by atoms with Crippen LogP contribution in [0.2, 0.25) is 0 Å². The summed E-state index contributed by atoms with van der Waals surface area (Å²) in [6, 6.07) is 13.4. The highest BCUT2D eigenvalue weighted by Crippen LogP contribution is 2.15. The molecule has 0 fully saturated rings. The normalized spacial score (nSPS) is 12.0. The predicted molar refractivity (Wildman–Crippen MR) is 115 cm³/mol. The number of hydrogen-bond acceptors (Lipinski definition) is 4. The van der Waals surface area contributed by atoms with Gasteiger partial charge in [-0.2, -0.15) is 0 Å². The Bertz CT molecular complexity index is 626. The molecule has 1 heterocycles.